The third-order valence-corrected chi connectivity index (χ3v) is 3.13. The van der Waals surface area contributed by atoms with Crippen LogP contribution in [0.5, 0.6) is 0 Å². The molecule has 14 heavy (non-hydrogen) atoms. The molecule has 0 aliphatic rings. The average Bonchev–Trinajstić information content (AvgIpc) is 1.96. The van der Waals surface area contributed by atoms with Gasteiger partial charge in [-0.05, 0) is 67.8 Å². The Labute approximate surface area is 123 Å². The maximum atomic E-state index is 12.2. The van der Waals surface area contributed by atoms with Crippen molar-refractivity contribution in [3.8, 4) is 0 Å². The number of halogens is 5. The lowest BCUT2D eigenvalue weighted by atomic mass is 10.2. The van der Waals surface area contributed by atoms with Crippen LogP contribution in [-0.4, -0.2) is 23.3 Å². The van der Waals surface area contributed by atoms with Crippen molar-refractivity contribution < 1.29 is 13.6 Å². The van der Waals surface area contributed by atoms with Crippen molar-refractivity contribution in [3.63, 3.8) is 0 Å². The first-order valence-electron chi connectivity index (χ1n) is 3.82. The zero-order chi connectivity index (χ0) is 11.5. The highest BCUT2D eigenvalue weighted by atomic mass is 127. The summed E-state index contributed by atoms with van der Waals surface area (Å²) in [5, 5.41) is 0. The van der Waals surface area contributed by atoms with Crippen molar-refractivity contribution in [1.82, 2.24) is 4.90 Å². The Balaban J connectivity index is 4.65. The van der Waals surface area contributed by atoms with Gasteiger partial charge in [-0.25, -0.2) is 8.78 Å². The lowest BCUT2D eigenvalue weighted by Gasteiger charge is -2.32. The van der Waals surface area contributed by atoms with Crippen LogP contribution in [0, 0.1) is 5.92 Å². The molecule has 0 aliphatic carbocycles. The molecule has 0 radical (unpaired) electrons. The van der Waals surface area contributed by atoms with Crippen molar-refractivity contribution in [3.05, 3.63) is 0 Å². The number of hydrogen-bond donors (Lipinski definition) is 0. The van der Waals surface area contributed by atoms with Crippen LogP contribution in [0.4, 0.5) is 8.78 Å². The third kappa shape index (κ3) is 5.56. The quantitative estimate of drug-likeness (QED) is 0.302. The molecule has 0 rings (SSSR count). The number of amides is 1. The van der Waals surface area contributed by atoms with Gasteiger partial charge in [0.15, 0.2) is -0.441 Å². The molecule has 0 saturated heterocycles. The molecule has 84 valence electrons. The largest absolute Gasteiger partial charge is 0.305 e. The monoisotopic (exact) mass is 543 g/mol. The van der Waals surface area contributed by atoms with Crippen LogP contribution in [-0.2, 0) is 4.79 Å². The van der Waals surface area contributed by atoms with E-state index in [1.807, 2.05) is 67.8 Å². The van der Waals surface area contributed by atoms with Gasteiger partial charge in [0.1, 0.15) is 0 Å². The van der Waals surface area contributed by atoms with E-state index in [1.165, 1.54) is 4.90 Å². The summed E-state index contributed by atoms with van der Waals surface area (Å²) in [4.78, 5) is 12.8. The van der Waals surface area contributed by atoms with Gasteiger partial charge in [-0.15, -0.1) is 0 Å². The fraction of sp³-hybridized carbons (Fsp3) is 0.857. The van der Waals surface area contributed by atoms with Gasteiger partial charge in [-0.2, -0.15) is 0 Å². The smallest absolute Gasteiger partial charge is 0.256 e. The summed E-state index contributed by atoms with van der Waals surface area (Å²) in [7, 11) is 0. The molecule has 7 heteroatoms. The maximum Gasteiger partial charge on any atom is 0.256 e. The van der Waals surface area contributed by atoms with E-state index < -0.39 is 12.5 Å². The molecule has 1 amide bonds. The van der Waals surface area contributed by atoms with E-state index >= 15 is 0 Å². The second kappa shape index (κ2) is 6.30. The van der Waals surface area contributed by atoms with E-state index in [1.54, 1.807) is 13.8 Å². The normalized spacial score (nSPS) is 12.4. The summed E-state index contributed by atoms with van der Waals surface area (Å²) in [6.45, 7) is 2.90. The van der Waals surface area contributed by atoms with Gasteiger partial charge in [0.2, 0.25) is 5.91 Å². The van der Waals surface area contributed by atoms with E-state index in [0.29, 0.717) is 0 Å². The summed E-state index contributed by atoms with van der Waals surface area (Å²) in [6.07, 6.45) is -2.49. The first kappa shape index (κ1) is 15.5. The SMILES string of the molecule is CC(C)C(=O)N(CC(F)F)C(I)(I)I. The number of rotatable bonds is 4. The lowest BCUT2D eigenvalue weighted by Crippen LogP contribution is -2.44. The molecule has 0 N–H and O–H groups in total. The summed E-state index contributed by atoms with van der Waals surface area (Å²) in [6, 6.07) is 0. The summed E-state index contributed by atoms with van der Waals surface area (Å²) < 4.78 is 23.8. The Morgan fingerprint density at radius 1 is 1.36 bits per heavy atom. The van der Waals surface area contributed by atoms with Gasteiger partial charge in [0, 0.05) is 5.92 Å². The van der Waals surface area contributed by atoms with Crippen molar-refractivity contribution in [2.75, 3.05) is 6.54 Å². The minimum absolute atomic E-state index is 0.247. The molecule has 0 unspecified atom stereocenters. The molecular weight excluding hydrogens is 533 g/mol. The third-order valence-electron chi connectivity index (χ3n) is 1.39. The summed E-state index contributed by atoms with van der Waals surface area (Å²) >= 11 is 5.90. The van der Waals surface area contributed by atoms with Crippen molar-refractivity contribution in [2.24, 2.45) is 5.92 Å². The number of hydrogen-bond acceptors (Lipinski definition) is 1. The van der Waals surface area contributed by atoms with Gasteiger partial charge in [0.05, 0.1) is 6.54 Å². The second-order valence-electron chi connectivity index (χ2n) is 2.96. The van der Waals surface area contributed by atoms with Crippen molar-refractivity contribution in [1.29, 1.82) is 0 Å². The Hall–Kier alpha value is 1.52. The van der Waals surface area contributed by atoms with Crippen LogP contribution in [0.3, 0.4) is 0 Å². The van der Waals surface area contributed by atoms with E-state index in [2.05, 4.69) is 0 Å². The van der Waals surface area contributed by atoms with Gasteiger partial charge in [-0.1, -0.05) is 13.8 Å². The minimum Gasteiger partial charge on any atom is -0.305 e. The van der Waals surface area contributed by atoms with Crippen LogP contribution in [0.2, 0.25) is 0 Å². The summed E-state index contributed by atoms with van der Waals surface area (Å²) in [5.41, 5.74) is 0. The standard InChI is InChI=1S/C7H10F2I3NO/c1-4(2)6(14)13(3-5(8)9)7(10,11)12/h4-5H,3H2,1-2H3. The lowest BCUT2D eigenvalue weighted by molar-refractivity contribution is -0.135. The van der Waals surface area contributed by atoms with Crippen LogP contribution >= 0.6 is 67.8 Å². The molecule has 0 bridgehead atoms. The molecule has 0 spiro atoms. The van der Waals surface area contributed by atoms with Crippen LogP contribution < -0.4 is 0 Å². The number of alkyl halides is 5. The van der Waals surface area contributed by atoms with Gasteiger partial charge in [-0.3, -0.25) is 4.79 Å². The van der Waals surface area contributed by atoms with Gasteiger partial charge in [0.25, 0.3) is 6.43 Å². The number of carbonyl (C=O) groups is 1. The molecule has 0 aliphatic heterocycles. The molecule has 0 aromatic heterocycles. The first-order valence-corrected chi connectivity index (χ1v) is 7.06. The summed E-state index contributed by atoms with van der Waals surface area (Å²) in [5.74, 6) is -0.504. The van der Waals surface area contributed by atoms with Gasteiger partial charge < -0.3 is 4.90 Å². The Morgan fingerprint density at radius 3 is 2.00 bits per heavy atom. The average molecular weight is 543 g/mol. The molecule has 0 saturated carbocycles. The number of carbonyl (C=O) groups excluding carboxylic acids is 1. The Morgan fingerprint density at radius 2 is 1.79 bits per heavy atom. The minimum atomic E-state index is -2.49. The van der Waals surface area contributed by atoms with Crippen LogP contribution in [0.1, 0.15) is 13.8 Å². The van der Waals surface area contributed by atoms with E-state index in [9.17, 15) is 13.6 Å². The van der Waals surface area contributed by atoms with Crippen molar-refractivity contribution in [2.45, 2.75) is 19.8 Å². The van der Waals surface area contributed by atoms with Crippen LogP contribution in [0.15, 0.2) is 0 Å². The first-order chi connectivity index (χ1) is 6.16. The number of nitrogens with zero attached hydrogens (tertiary/aromatic N) is 1. The molecule has 0 heterocycles. The van der Waals surface area contributed by atoms with Crippen LogP contribution in [0.25, 0.3) is 0 Å². The molecule has 2 nitrogen and oxygen atoms in total. The van der Waals surface area contributed by atoms with Crippen molar-refractivity contribution >= 4 is 73.7 Å². The predicted octanol–water partition coefficient (Wildman–Crippen LogP) is 3.65. The Kier molecular flexibility index (Phi) is 6.99. The van der Waals surface area contributed by atoms with E-state index in [4.69, 9.17) is 0 Å². The molecule has 0 aromatic rings. The second-order valence-corrected chi connectivity index (χ2v) is 13.8. The van der Waals surface area contributed by atoms with Gasteiger partial charge >= 0.3 is 0 Å². The highest BCUT2D eigenvalue weighted by Gasteiger charge is 2.34. The molecular formula is C7H10F2I3NO. The maximum absolute atomic E-state index is 12.2. The zero-order valence-corrected chi connectivity index (χ0v) is 14.1. The Bertz CT molecular complexity index is 206. The predicted molar refractivity (Wildman–Crippen MR) is 77.3 cm³/mol. The molecule has 0 aromatic carbocycles. The highest BCUT2D eigenvalue weighted by Crippen LogP contribution is 2.40. The molecule has 0 fully saturated rings. The fourth-order valence-corrected chi connectivity index (χ4v) is 2.07. The highest BCUT2D eigenvalue weighted by molar-refractivity contribution is 14.3. The topological polar surface area (TPSA) is 20.3 Å². The van der Waals surface area contributed by atoms with E-state index in [0.717, 1.165) is 0 Å². The molecule has 0 atom stereocenters. The fourth-order valence-electron chi connectivity index (χ4n) is 0.768. The van der Waals surface area contributed by atoms with E-state index in [-0.39, 0.29) is 11.8 Å². The zero-order valence-electron chi connectivity index (χ0n) is 7.61.